The zero-order valence-electron chi connectivity index (χ0n) is 18.8. The Morgan fingerprint density at radius 2 is 1.74 bits per heavy atom. The number of anilines is 1. The van der Waals surface area contributed by atoms with Crippen molar-refractivity contribution in [3.05, 3.63) is 70.3 Å². The minimum absolute atomic E-state index is 0.0227. The summed E-state index contributed by atoms with van der Waals surface area (Å²) in [7, 11) is 0. The minimum atomic E-state index is -0.154. The van der Waals surface area contributed by atoms with Crippen LogP contribution >= 0.6 is 0 Å². The molecule has 2 aliphatic rings. The fourth-order valence-corrected chi connectivity index (χ4v) is 4.28. The highest BCUT2D eigenvalue weighted by Gasteiger charge is 2.44. The summed E-state index contributed by atoms with van der Waals surface area (Å²) in [5.41, 5.74) is 1.98. The maximum absolute atomic E-state index is 13.0. The molecule has 172 valence electrons. The number of aromatic amines is 1. The maximum atomic E-state index is 13.0. The van der Waals surface area contributed by atoms with Gasteiger partial charge in [0.25, 0.3) is 11.5 Å². The first-order valence-corrected chi connectivity index (χ1v) is 11.5. The molecule has 0 bridgehead atoms. The number of carbonyl (C=O) groups is 1. The molecule has 0 atom stereocenters. The van der Waals surface area contributed by atoms with Crippen LogP contribution in [0.1, 0.15) is 36.0 Å². The molecule has 6 rings (SSSR count). The average molecular weight is 457 g/mol. The predicted molar refractivity (Wildman–Crippen MR) is 127 cm³/mol. The van der Waals surface area contributed by atoms with E-state index < -0.39 is 0 Å². The van der Waals surface area contributed by atoms with E-state index in [1.165, 1.54) is 0 Å². The second-order valence-electron chi connectivity index (χ2n) is 9.25. The first-order chi connectivity index (χ1) is 16.5. The lowest BCUT2D eigenvalue weighted by Gasteiger charge is -2.35. The highest BCUT2D eigenvalue weighted by atomic mass is 16.5. The van der Waals surface area contributed by atoms with Crippen LogP contribution in [-0.4, -0.2) is 57.1 Å². The predicted octanol–water partition coefficient (Wildman–Crippen LogP) is 2.99. The van der Waals surface area contributed by atoms with E-state index in [1.807, 2.05) is 40.1 Å². The molecule has 0 unspecified atom stereocenters. The van der Waals surface area contributed by atoms with Gasteiger partial charge in [-0.25, -0.2) is 4.98 Å². The van der Waals surface area contributed by atoms with Crippen LogP contribution in [0.2, 0.25) is 0 Å². The van der Waals surface area contributed by atoms with E-state index in [4.69, 9.17) is 4.52 Å². The Bertz CT molecular complexity index is 1430. The number of aromatic nitrogens is 4. The fourth-order valence-electron chi connectivity index (χ4n) is 4.28. The number of piperazine rings is 1. The van der Waals surface area contributed by atoms with Crippen LogP contribution in [0.25, 0.3) is 22.3 Å². The van der Waals surface area contributed by atoms with Crippen molar-refractivity contribution in [2.24, 2.45) is 0 Å². The van der Waals surface area contributed by atoms with Crippen molar-refractivity contribution < 1.29 is 9.32 Å². The molecule has 1 aliphatic carbocycles. The van der Waals surface area contributed by atoms with E-state index in [0.717, 1.165) is 18.4 Å². The summed E-state index contributed by atoms with van der Waals surface area (Å²) >= 11 is 0. The fraction of sp³-hybridized carbons (Fsp3) is 0.320. The lowest BCUT2D eigenvalue weighted by Crippen LogP contribution is -2.49. The largest absolute Gasteiger partial charge is 0.339 e. The number of carbonyl (C=O) groups excluding carboxylic acids is 1. The number of para-hydroxylation sites is 1. The van der Waals surface area contributed by atoms with Crippen molar-refractivity contribution in [3.8, 4) is 11.4 Å². The molecule has 1 aliphatic heterocycles. The molecule has 1 N–H and O–H groups in total. The molecular formula is C25H24N6O3. The normalized spacial score (nSPS) is 17.2. The average Bonchev–Trinajstić information content (AvgIpc) is 3.42. The molecule has 2 aromatic carbocycles. The number of nitrogens with one attached hydrogen (secondary N) is 1. The second kappa shape index (κ2) is 7.79. The van der Waals surface area contributed by atoms with Crippen LogP contribution < -0.4 is 10.5 Å². The lowest BCUT2D eigenvalue weighted by atomic mass is 10.1. The molecule has 0 spiro atoms. The SMILES string of the molecule is CC1(c2nc(-c3ccc(C(=O)N4CCN(c5nc6ccccc6c(=O)[nH]5)CC4)cc3)no2)CC1. The van der Waals surface area contributed by atoms with Crippen molar-refractivity contribution in [1.29, 1.82) is 0 Å². The third-order valence-corrected chi connectivity index (χ3v) is 6.80. The number of nitrogens with zero attached hydrogens (tertiary/aromatic N) is 5. The molecule has 2 fully saturated rings. The zero-order valence-corrected chi connectivity index (χ0v) is 18.8. The topological polar surface area (TPSA) is 108 Å². The molecule has 1 amide bonds. The van der Waals surface area contributed by atoms with E-state index in [-0.39, 0.29) is 16.9 Å². The van der Waals surface area contributed by atoms with E-state index in [1.54, 1.807) is 18.2 Å². The molecule has 9 heteroatoms. The number of H-pyrrole nitrogens is 1. The van der Waals surface area contributed by atoms with Crippen molar-refractivity contribution >= 4 is 22.8 Å². The van der Waals surface area contributed by atoms with Crippen molar-refractivity contribution in [2.45, 2.75) is 25.2 Å². The van der Waals surface area contributed by atoms with Crippen LogP contribution in [0.3, 0.4) is 0 Å². The number of fused-ring (bicyclic) bond motifs is 1. The Morgan fingerprint density at radius 3 is 2.47 bits per heavy atom. The van der Waals surface area contributed by atoms with Crippen LogP contribution in [0, 0.1) is 0 Å². The van der Waals surface area contributed by atoms with Gasteiger partial charge in [-0.05, 0) is 37.1 Å². The van der Waals surface area contributed by atoms with Gasteiger partial charge in [-0.1, -0.05) is 36.3 Å². The summed E-state index contributed by atoms with van der Waals surface area (Å²) in [5.74, 6) is 1.75. The van der Waals surface area contributed by atoms with Crippen molar-refractivity contribution in [1.82, 2.24) is 25.0 Å². The summed E-state index contributed by atoms with van der Waals surface area (Å²) in [6.07, 6.45) is 2.14. The van der Waals surface area contributed by atoms with Crippen molar-refractivity contribution in [3.63, 3.8) is 0 Å². The molecule has 4 aromatic rings. The highest BCUT2D eigenvalue weighted by Crippen LogP contribution is 2.47. The highest BCUT2D eigenvalue weighted by molar-refractivity contribution is 5.94. The Labute approximate surface area is 195 Å². The Kier molecular flexibility index (Phi) is 4.72. The van der Waals surface area contributed by atoms with Gasteiger partial charge in [0.1, 0.15) is 0 Å². The van der Waals surface area contributed by atoms with Gasteiger partial charge >= 0.3 is 0 Å². The van der Waals surface area contributed by atoms with Crippen molar-refractivity contribution in [2.75, 3.05) is 31.1 Å². The van der Waals surface area contributed by atoms with Gasteiger partial charge in [-0.15, -0.1) is 0 Å². The number of amides is 1. The summed E-state index contributed by atoms with van der Waals surface area (Å²) in [6, 6.07) is 14.6. The summed E-state index contributed by atoms with van der Waals surface area (Å²) in [5, 5.41) is 4.67. The quantitative estimate of drug-likeness (QED) is 0.503. The first kappa shape index (κ1) is 20.6. The molecule has 1 saturated carbocycles. The molecule has 2 aromatic heterocycles. The summed E-state index contributed by atoms with van der Waals surface area (Å²) in [6.45, 7) is 4.40. The zero-order chi connectivity index (χ0) is 23.3. The molecule has 0 radical (unpaired) electrons. The Hall–Kier alpha value is -4.01. The number of rotatable bonds is 4. The number of benzene rings is 2. The monoisotopic (exact) mass is 456 g/mol. The third-order valence-electron chi connectivity index (χ3n) is 6.80. The molecular weight excluding hydrogens is 432 g/mol. The Morgan fingerprint density at radius 1 is 1.00 bits per heavy atom. The second-order valence-corrected chi connectivity index (χ2v) is 9.25. The minimum Gasteiger partial charge on any atom is -0.339 e. The first-order valence-electron chi connectivity index (χ1n) is 11.5. The van der Waals surface area contributed by atoms with E-state index >= 15 is 0 Å². The van der Waals surface area contributed by atoms with Crippen LogP contribution in [-0.2, 0) is 5.41 Å². The van der Waals surface area contributed by atoms with Crippen LogP contribution in [0.4, 0.5) is 5.95 Å². The number of hydrogen-bond acceptors (Lipinski definition) is 7. The smallest absolute Gasteiger partial charge is 0.260 e. The van der Waals surface area contributed by atoms with Gasteiger partial charge < -0.3 is 14.3 Å². The lowest BCUT2D eigenvalue weighted by molar-refractivity contribution is 0.0746. The standard InChI is InChI=1S/C25H24N6O3/c1-25(10-11-25)23-27-20(29-34-23)16-6-8-17(9-7-16)22(33)30-12-14-31(15-13-30)24-26-19-5-3-2-4-18(19)21(32)28-24/h2-9H,10-15H2,1H3,(H,26,28,32). The molecule has 9 nitrogen and oxygen atoms in total. The van der Waals surface area contributed by atoms with E-state index in [9.17, 15) is 9.59 Å². The van der Waals surface area contributed by atoms with Crippen LogP contribution in [0.5, 0.6) is 0 Å². The van der Waals surface area contributed by atoms with Gasteiger partial charge in [0.15, 0.2) is 0 Å². The molecule has 3 heterocycles. The van der Waals surface area contributed by atoms with Gasteiger partial charge in [0.05, 0.1) is 10.9 Å². The molecule has 1 saturated heterocycles. The van der Waals surface area contributed by atoms with Gasteiger partial charge in [-0.2, -0.15) is 4.98 Å². The van der Waals surface area contributed by atoms with Gasteiger partial charge in [-0.3, -0.25) is 14.6 Å². The van der Waals surface area contributed by atoms with Gasteiger partial charge in [0, 0.05) is 42.7 Å². The third kappa shape index (κ3) is 3.63. The number of hydrogen-bond donors (Lipinski definition) is 1. The Balaban J connectivity index is 1.12. The molecule has 34 heavy (non-hydrogen) atoms. The van der Waals surface area contributed by atoms with Gasteiger partial charge in [0.2, 0.25) is 17.7 Å². The summed E-state index contributed by atoms with van der Waals surface area (Å²) in [4.78, 5) is 41.3. The summed E-state index contributed by atoms with van der Waals surface area (Å²) < 4.78 is 5.43. The van der Waals surface area contributed by atoms with E-state index in [0.29, 0.717) is 60.3 Å². The van der Waals surface area contributed by atoms with E-state index in [2.05, 4.69) is 27.0 Å². The maximum Gasteiger partial charge on any atom is 0.260 e. The van der Waals surface area contributed by atoms with Crippen LogP contribution in [0.15, 0.2) is 57.8 Å².